The molecule has 29 heavy (non-hydrogen) atoms. The second-order valence-electron chi connectivity index (χ2n) is 6.80. The molecule has 8 heteroatoms. The highest BCUT2D eigenvalue weighted by atomic mass is 35.5. The molecular formula is C21H26ClN3O4. The van der Waals surface area contributed by atoms with Crippen molar-refractivity contribution in [2.45, 2.75) is 45.8 Å². The van der Waals surface area contributed by atoms with E-state index in [0.717, 1.165) is 22.6 Å². The smallest absolute Gasteiger partial charge is 0.303 e. The Kier molecular flexibility index (Phi) is 6.92. The maximum absolute atomic E-state index is 11.3. The molecule has 0 spiro atoms. The summed E-state index contributed by atoms with van der Waals surface area (Å²) in [4.78, 5) is 21.1. The van der Waals surface area contributed by atoms with Crippen LogP contribution in [0.1, 0.15) is 32.2 Å². The van der Waals surface area contributed by atoms with Gasteiger partial charge in [0.25, 0.3) is 0 Å². The van der Waals surface area contributed by atoms with Crippen LogP contribution in [0.25, 0.3) is 11.3 Å². The third-order valence-electron chi connectivity index (χ3n) is 4.81. The quantitative estimate of drug-likeness (QED) is 0.685. The van der Waals surface area contributed by atoms with Gasteiger partial charge < -0.3 is 19.5 Å². The molecule has 1 aliphatic rings. The van der Waals surface area contributed by atoms with Gasteiger partial charge in [0.2, 0.25) is 0 Å². The number of nitrogens with one attached hydrogen (secondary N) is 1. The van der Waals surface area contributed by atoms with Crippen LogP contribution >= 0.6 is 11.6 Å². The van der Waals surface area contributed by atoms with Crippen LogP contribution in [0.2, 0.25) is 5.02 Å². The zero-order valence-electron chi connectivity index (χ0n) is 17.1. The number of benzene rings is 1. The third kappa shape index (κ3) is 4.79. The van der Waals surface area contributed by atoms with Crippen LogP contribution in [0.4, 0.5) is 5.82 Å². The van der Waals surface area contributed by atoms with Gasteiger partial charge in [-0.2, -0.15) is 0 Å². The van der Waals surface area contributed by atoms with Gasteiger partial charge >= 0.3 is 5.97 Å². The van der Waals surface area contributed by atoms with Gasteiger partial charge in [-0.05, 0) is 31.0 Å². The Balaban J connectivity index is 1.95. The first-order valence-electron chi connectivity index (χ1n) is 9.71. The van der Waals surface area contributed by atoms with Crippen LogP contribution in [-0.4, -0.2) is 48.4 Å². The number of carbonyl (C=O) groups excluding carboxylic acids is 1. The summed E-state index contributed by atoms with van der Waals surface area (Å²) in [5.41, 5.74) is 3.24. The Labute approximate surface area is 175 Å². The summed E-state index contributed by atoms with van der Waals surface area (Å²) >= 11 is 6.48. The standard InChI is InChI=1S/C21H26ClN3O4/c1-5-16-20(14-8-7-13(27-4)9-15(14)22)23-17(6-2)21(24-16)25-18-10-28-11-19(18)29-12(3)26/h7-9,18-19H,5-6,10-11H2,1-4H3,(H,24,25). The summed E-state index contributed by atoms with van der Waals surface area (Å²) in [6.07, 6.45) is 1.03. The number of ether oxygens (including phenoxy) is 3. The van der Waals surface area contributed by atoms with Crippen molar-refractivity contribution < 1.29 is 19.0 Å². The predicted molar refractivity (Wildman–Crippen MR) is 112 cm³/mol. The highest BCUT2D eigenvalue weighted by Crippen LogP contribution is 2.33. The number of methoxy groups -OCH3 is 1. The van der Waals surface area contributed by atoms with Crippen molar-refractivity contribution in [3.63, 3.8) is 0 Å². The van der Waals surface area contributed by atoms with Crippen molar-refractivity contribution in [3.8, 4) is 17.0 Å². The van der Waals surface area contributed by atoms with Crippen LogP contribution in [0.3, 0.4) is 0 Å². The number of aryl methyl sites for hydroxylation is 2. The molecule has 2 atom stereocenters. The van der Waals surface area contributed by atoms with Crippen LogP contribution in [0.15, 0.2) is 18.2 Å². The van der Waals surface area contributed by atoms with E-state index in [4.69, 9.17) is 35.8 Å². The number of aromatic nitrogens is 2. The first kappa shape index (κ1) is 21.3. The Morgan fingerprint density at radius 3 is 2.62 bits per heavy atom. The number of esters is 1. The zero-order chi connectivity index (χ0) is 21.0. The lowest BCUT2D eigenvalue weighted by atomic mass is 10.1. The maximum Gasteiger partial charge on any atom is 0.303 e. The first-order chi connectivity index (χ1) is 14.0. The lowest BCUT2D eigenvalue weighted by molar-refractivity contribution is -0.146. The molecule has 0 amide bonds. The fourth-order valence-corrected chi connectivity index (χ4v) is 3.58. The van der Waals surface area contributed by atoms with Crippen molar-refractivity contribution >= 4 is 23.4 Å². The van der Waals surface area contributed by atoms with Gasteiger partial charge in [-0.15, -0.1) is 0 Å². The summed E-state index contributed by atoms with van der Waals surface area (Å²) in [5.74, 6) is 1.05. The molecule has 2 aromatic rings. The molecule has 156 valence electrons. The van der Waals surface area contributed by atoms with Crippen molar-refractivity contribution in [3.05, 3.63) is 34.6 Å². The summed E-state index contributed by atoms with van der Waals surface area (Å²) in [5, 5.41) is 3.94. The predicted octanol–water partition coefficient (Wildman–Crippen LogP) is 3.67. The van der Waals surface area contributed by atoms with Crippen molar-refractivity contribution in [2.75, 3.05) is 25.6 Å². The van der Waals surface area contributed by atoms with Crippen LogP contribution in [0, 0.1) is 0 Å². The maximum atomic E-state index is 11.3. The number of hydrogen-bond acceptors (Lipinski definition) is 7. The molecule has 1 aromatic carbocycles. The Bertz CT molecular complexity index is 890. The molecule has 0 aliphatic carbocycles. The molecule has 2 unspecified atom stereocenters. The van der Waals surface area contributed by atoms with Gasteiger partial charge in [-0.3, -0.25) is 4.79 Å². The van der Waals surface area contributed by atoms with Gasteiger partial charge in [-0.1, -0.05) is 25.4 Å². The van der Waals surface area contributed by atoms with Crippen LogP contribution in [-0.2, 0) is 27.1 Å². The molecule has 0 radical (unpaired) electrons. The Morgan fingerprint density at radius 1 is 1.24 bits per heavy atom. The Hall–Kier alpha value is -2.38. The highest BCUT2D eigenvalue weighted by molar-refractivity contribution is 6.33. The van der Waals surface area contributed by atoms with E-state index in [1.165, 1.54) is 6.92 Å². The molecule has 1 aromatic heterocycles. The average Bonchev–Trinajstić information content (AvgIpc) is 3.13. The monoisotopic (exact) mass is 419 g/mol. The highest BCUT2D eigenvalue weighted by Gasteiger charge is 2.32. The second kappa shape index (κ2) is 9.41. The minimum atomic E-state index is -0.347. The van der Waals surface area contributed by atoms with Gasteiger partial charge in [0.15, 0.2) is 0 Å². The minimum Gasteiger partial charge on any atom is -0.497 e. The van der Waals surface area contributed by atoms with Crippen LogP contribution < -0.4 is 10.1 Å². The van der Waals surface area contributed by atoms with E-state index >= 15 is 0 Å². The summed E-state index contributed by atoms with van der Waals surface area (Å²) in [6.45, 7) is 6.26. The van der Waals surface area contributed by atoms with E-state index in [-0.39, 0.29) is 18.1 Å². The molecule has 1 fully saturated rings. The molecule has 3 rings (SSSR count). The van der Waals surface area contributed by atoms with E-state index in [1.807, 2.05) is 26.0 Å². The average molecular weight is 420 g/mol. The SMILES string of the molecule is CCc1nc(-c2ccc(OC)cc2Cl)c(CC)nc1NC1COCC1OC(C)=O. The van der Waals surface area contributed by atoms with E-state index < -0.39 is 0 Å². The van der Waals surface area contributed by atoms with Crippen molar-refractivity contribution in [2.24, 2.45) is 0 Å². The minimum absolute atomic E-state index is 0.168. The largest absolute Gasteiger partial charge is 0.497 e. The molecular weight excluding hydrogens is 394 g/mol. The number of rotatable bonds is 7. The van der Waals surface area contributed by atoms with E-state index in [1.54, 1.807) is 13.2 Å². The number of halogens is 1. The summed E-state index contributed by atoms with van der Waals surface area (Å²) < 4.78 is 16.1. The van der Waals surface area contributed by atoms with E-state index in [9.17, 15) is 4.79 Å². The summed E-state index contributed by atoms with van der Waals surface area (Å²) in [6, 6.07) is 5.37. The molecule has 1 aliphatic heterocycles. The number of carbonyl (C=O) groups is 1. The summed E-state index contributed by atoms with van der Waals surface area (Å²) in [7, 11) is 1.61. The van der Waals surface area contributed by atoms with Gasteiger partial charge in [-0.25, -0.2) is 9.97 Å². The molecule has 7 nitrogen and oxygen atoms in total. The number of hydrogen-bond donors (Lipinski definition) is 1. The first-order valence-corrected chi connectivity index (χ1v) is 10.1. The topological polar surface area (TPSA) is 82.6 Å². The Morgan fingerprint density at radius 2 is 2.00 bits per heavy atom. The number of nitrogens with zero attached hydrogens (tertiary/aromatic N) is 2. The van der Waals surface area contributed by atoms with Crippen molar-refractivity contribution in [1.29, 1.82) is 0 Å². The lowest BCUT2D eigenvalue weighted by Gasteiger charge is -2.22. The fourth-order valence-electron chi connectivity index (χ4n) is 3.32. The zero-order valence-corrected chi connectivity index (χ0v) is 17.9. The van der Waals surface area contributed by atoms with Crippen LogP contribution in [0.5, 0.6) is 5.75 Å². The fraction of sp³-hybridized carbons (Fsp3) is 0.476. The van der Waals surface area contributed by atoms with Gasteiger partial charge in [0.1, 0.15) is 17.7 Å². The molecule has 0 bridgehead atoms. The number of anilines is 1. The molecule has 1 N–H and O–H groups in total. The molecule has 2 heterocycles. The molecule has 1 saturated heterocycles. The lowest BCUT2D eigenvalue weighted by Crippen LogP contribution is -2.36. The van der Waals surface area contributed by atoms with Gasteiger partial charge in [0, 0.05) is 12.5 Å². The van der Waals surface area contributed by atoms with E-state index in [0.29, 0.717) is 42.6 Å². The van der Waals surface area contributed by atoms with Gasteiger partial charge in [0.05, 0.1) is 48.5 Å². The van der Waals surface area contributed by atoms with Crippen molar-refractivity contribution in [1.82, 2.24) is 9.97 Å². The third-order valence-corrected chi connectivity index (χ3v) is 5.12. The normalized spacial score (nSPS) is 18.5. The second-order valence-corrected chi connectivity index (χ2v) is 7.21. The molecule has 0 saturated carbocycles. The van der Waals surface area contributed by atoms with E-state index in [2.05, 4.69) is 5.32 Å².